The van der Waals surface area contributed by atoms with Crippen molar-refractivity contribution in [2.24, 2.45) is 0 Å². The lowest BCUT2D eigenvalue weighted by atomic mass is 10.1. The van der Waals surface area contributed by atoms with Gasteiger partial charge in [-0.2, -0.15) is 0 Å². The van der Waals surface area contributed by atoms with Gasteiger partial charge in [-0.1, -0.05) is 6.42 Å². The summed E-state index contributed by atoms with van der Waals surface area (Å²) in [5.74, 6) is 0. The van der Waals surface area contributed by atoms with Crippen LogP contribution in [0.3, 0.4) is 0 Å². The number of hydrogen-bond acceptors (Lipinski definition) is 5. The third-order valence-electron chi connectivity index (χ3n) is 2.74. The number of ether oxygens (including phenoxy) is 1. The molecule has 0 saturated carbocycles. The lowest BCUT2D eigenvalue weighted by molar-refractivity contribution is 0.177. The molecule has 1 aliphatic heterocycles. The summed E-state index contributed by atoms with van der Waals surface area (Å²) in [6.07, 6.45) is 7.08. The summed E-state index contributed by atoms with van der Waals surface area (Å²) >= 11 is 0. The molecule has 0 aromatic carbocycles. The molecule has 16 heavy (non-hydrogen) atoms. The molecule has 0 amide bonds. The van der Waals surface area contributed by atoms with Gasteiger partial charge in [0, 0.05) is 6.54 Å². The number of aromatic nitrogens is 2. The molecule has 2 rings (SSSR count). The van der Waals surface area contributed by atoms with Crippen LogP contribution in [0.5, 0.6) is 6.01 Å². The monoisotopic (exact) mass is 222 g/mol. The molecule has 5 nitrogen and oxygen atoms in total. The van der Waals surface area contributed by atoms with Crippen molar-refractivity contribution in [3.8, 4) is 6.01 Å². The number of nitrogen functional groups attached to an aromatic ring is 1. The van der Waals surface area contributed by atoms with E-state index in [-0.39, 0.29) is 0 Å². The molecule has 1 aromatic rings. The zero-order valence-electron chi connectivity index (χ0n) is 9.43. The predicted octanol–water partition coefficient (Wildman–Crippen LogP) is 0.923. The van der Waals surface area contributed by atoms with Gasteiger partial charge in [0.1, 0.15) is 6.61 Å². The molecule has 1 aliphatic rings. The average Bonchev–Trinajstić information content (AvgIpc) is 2.33. The van der Waals surface area contributed by atoms with Gasteiger partial charge in [0.25, 0.3) is 0 Å². The quantitative estimate of drug-likeness (QED) is 0.820. The first-order valence-corrected chi connectivity index (χ1v) is 5.77. The summed E-state index contributed by atoms with van der Waals surface area (Å²) in [5.41, 5.74) is 6.04. The molecule has 0 atom stereocenters. The predicted molar refractivity (Wildman–Crippen MR) is 62.2 cm³/mol. The van der Waals surface area contributed by atoms with Crippen molar-refractivity contribution >= 4 is 5.69 Å². The van der Waals surface area contributed by atoms with Crippen molar-refractivity contribution < 1.29 is 4.74 Å². The van der Waals surface area contributed by atoms with Gasteiger partial charge < -0.3 is 10.5 Å². The first kappa shape index (κ1) is 11.1. The summed E-state index contributed by atoms with van der Waals surface area (Å²) < 4.78 is 5.44. The minimum absolute atomic E-state index is 0.409. The molecule has 0 radical (unpaired) electrons. The maximum Gasteiger partial charge on any atom is 0.316 e. The molecular weight excluding hydrogens is 204 g/mol. The summed E-state index contributed by atoms with van der Waals surface area (Å²) in [7, 11) is 0. The molecule has 0 unspecified atom stereocenters. The normalized spacial score (nSPS) is 17.2. The minimum Gasteiger partial charge on any atom is -0.462 e. The second-order valence-corrected chi connectivity index (χ2v) is 4.05. The van der Waals surface area contributed by atoms with Gasteiger partial charge in [0.05, 0.1) is 18.1 Å². The molecule has 2 heterocycles. The van der Waals surface area contributed by atoms with Gasteiger partial charge in [-0.15, -0.1) is 0 Å². The number of nitrogens with zero attached hydrogens (tertiary/aromatic N) is 3. The SMILES string of the molecule is Nc1cnc(OCCN2CCCCC2)nc1. The highest BCUT2D eigenvalue weighted by atomic mass is 16.5. The molecule has 1 saturated heterocycles. The Bertz CT molecular complexity index is 308. The Balaban J connectivity index is 1.69. The lowest BCUT2D eigenvalue weighted by Gasteiger charge is -2.25. The largest absolute Gasteiger partial charge is 0.462 e. The second-order valence-electron chi connectivity index (χ2n) is 4.05. The Morgan fingerprint density at radius 2 is 1.88 bits per heavy atom. The van der Waals surface area contributed by atoms with Crippen LogP contribution in [0.2, 0.25) is 0 Å². The fourth-order valence-electron chi connectivity index (χ4n) is 1.85. The van der Waals surface area contributed by atoms with Crippen LogP contribution in [0.25, 0.3) is 0 Å². The zero-order chi connectivity index (χ0) is 11.2. The molecule has 0 bridgehead atoms. The van der Waals surface area contributed by atoms with Crippen molar-refractivity contribution in [1.29, 1.82) is 0 Å². The molecular formula is C11H18N4O. The molecule has 5 heteroatoms. The standard InChI is InChI=1S/C11H18N4O/c12-10-8-13-11(14-9-10)16-7-6-15-4-2-1-3-5-15/h8-9H,1-7,12H2. The highest BCUT2D eigenvalue weighted by Crippen LogP contribution is 2.08. The summed E-state index contributed by atoms with van der Waals surface area (Å²) in [5, 5.41) is 0. The van der Waals surface area contributed by atoms with Crippen molar-refractivity contribution in [1.82, 2.24) is 14.9 Å². The van der Waals surface area contributed by atoms with Crippen LogP contribution in [0.4, 0.5) is 5.69 Å². The lowest BCUT2D eigenvalue weighted by Crippen LogP contribution is -2.33. The van der Waals surface area contributed by atoms with E-state index >= 15 is 0 Å². The van der Waals surface area contributed by atoms with Crippen LogP contribution in [-0.2, 0) is 0 Å². The van der Waals surface area contributed by atoms with E-state index < -0.39 is 0 Å². The Kier molecular flexibility index (Phi) is 3.93. The van der Waals surface area contributed by atoms with Gasteiger partial charge in [-0.3, -0.25) is 4.90 Å². The molecule has 0 spiro atoms. The zero-order valence-corrected chi connectivity index (χ0v) is 9.43. The van der Waals surface area contributed by atoms with Crippen LogP contribution in [0, 0.1) is 0 Å². The van der Waals surface area contributed by atoms with E-state index in [1.54, 1.807) is 12.4 Å². The third-order valence-corrected chi connectivity index (χ3v) is 2.74. The highest BCUT2D eigenvalue weighted by Gasteiger charge is 2.09. The Morgan fingerprint density at radius 1 is 1.19 bits per heavy atom. The van der Waals surface area contributed by atoms with Crippen molar-refractivity contribution in [2.45, 2.75) is 19.3 Å². The fourth-order valence-corrected chi connectivity index (χ4v) is 1.85. The Morgan fingerprint density at radius 3 is 2.56 bits per heavy atom. The van der Waals surface area contributed by atoms with Crippen LogP contribution in [-0.4, -0.2) is 41.1 Å². The number of rotatable bonds is 4. The first-order chi connectivity index (χ1) is 7.84. The van der Waals surface area contributed by atoms with Gasteiger partial charge in [-0.05, 0) is 25.9 Å². The van der Waals surface area contributed by atoms with E-state index in [2.05, 4.69) is 14.9 Å². The van der Waals surface area contributed by atoms with Crippen molar-refractivity contribution in [3.05, 3.63) is 12.4 Å². The number of likely N-dealkylation sites (tertiary alicyclic amines) is 1. The molecule has 1 aromatic heterocycles. The van der Waals surface area contributed by atoms with E-state index in [0.717, 1.165) is 6.54 Å². The van der Waals surface area contributed by atoms with Gasteiger partial charge in [0.2, 0.25) is 0 Å². The van der Waals surface area contributed by atoms with Gasteiger partial charge in [0.15, 0.2) is 0 Å². The second kappa shape index (κ2) is 5.65. The summed E-state index contributed by atoms with van der Waals surface area (Å²) in [6.45, 7) is 3.97. The number of anilines is 1. The third kappa shape index (κ3) is 3.34. The minimum atomic E-state index is 0.409. The Labute approximate surface area is 95.6 Å². The van der Waals surface area contributed by atoms with Gasteiger partial charge >= 0.3 is 6.01 Å². The number of nitrogens with two attached hydrogens (primary N) is 1. The van der Waals surface area contributed by atoms with Gasteiger partial charge in [-0.25, -0.2) is 9.97 Å². The highest BCUT2D eigenvalue weighted by molar-refractivity contribution is 5.30. The van der Waals surface area contributed by atoms with Crippen molar-refractivity contribution in [3.63, 3.8) is 0 Å². The topological polar surface area (TPSA) is 64.3 Å². The van der Waals surface area contributed by atoms with Crippen LogP contribution >= 0.6 is 0 Å². The van der Waals surface area contributed by atoms with Crippen LogP contribution < -0.4 is 10.5 Å². The molecule has 88 valence electrons. The van der Waals surface area contributed by atoms with E-state index in [1.165, 1.54) is 32.4 Å². The Hall–Kier alpha value is -1.36. The number of piperidine rings is 1. The fraction of sp³-hybridized carbons (Fsp3) is 0.636. The van der Waals surface area contributed by atoms with E-state index in [9.17, 15) is 0 Å². The van der Waals surface area contributed by atoms with Crippen LogP contribution in [0.1, 0.15) is 19.3 Å². The first-order valence-electron chi connectivity index (χ1n) is 5.77. The van der Waals surface area contributed by atoms with E-state index in [1.807, 2.05) is 0 Å². The maximum absolute atomic E-state index is 5.48. The van der Waals surface area contributed by atoms with E-state index in [0.29, 0.717) is 18.3 Å². The maximum atomic E-state index is 5.48. The molecule has 0 aliphatic carbocycles. The molecule has 2 N–H and O–H groups in total. The summed E-state index contributed by atoms with van der Waals surface area (Å²) in [4.78, 5) is 10.4. The average molecular weight is 222 g/mol. The molecule has 1 fully saturated rings. The van der Waals surface area contributed by atoms with Crippen LogP contribution in [0.15, 0.2) is 12.4 Å². The smallest absolute Gasteiger partial charge is 0.316 e. The number of hydrogen-bond donors (Lipinski definition) is 1. The van der Waals surface area contributed by atoms with E-state index in [4.69, 9.17) is 10.5 Å². The van der Waals surface area contributed by atoms with Crippen molar-refractivity contribution in [2.75, 3.05) is 32.0 Å². The summed E-state index contributed by atoms with van der Waals surface area (Å²) in [6, 6.07) is 0.409.